The van der Waals surface area contributed by atoms with Gasteiger partial charge in [0.05, 0.1) is 11.7 Å². The number of carbonyl (C=O) groups is 1. The summed E-state index contributed by atoms with van der Waals surface area (Å²) in [6.45, 7) is 5.25. The van der Waals surface area contributed by atoms with E-state index in [-0.39, 0.29) is 12.1 Å². The Morgan fingerprint density at radius 1 is 1.41 bits per heavy atom. The van der Waals surface area contributed by atoms with E-state index in [1.54, 1.807) is 0 Å². The van der Waals surface area contributed by atoms with E-state index in [0.717, 1.165) is 36.4 Å². The molecule has 2 aromatic rings. The summed E-state index contributed by atoms with van der Waals surface area (Å²) in [5.41, 5.74) is 3.18. The number of aromatic nitrogens is 1. The minimum absolute atomic E-state index is 0.00179. The summed E-state index contributed by atoms with van der Waals surface area (Å²) in [7, 11) is 0. The van der Waals surface area contributed by atoms with Gasteiger partial charge in [0.25, 0.3) is 0 Å². The lowest BCUT2D eigenvalue weighted by atomic mass is 10.1. The maximum absolute atomic E-state index is 12.5. The Morgan fingerprint density at radius 2 is 2.23 bits per heavy atom. The van der Waals surface area contributed by atoms with Crippen LogP contribution in [0.1, 0.15) is 41.5 Å². The van der Waals surface area contributed by atoms with Crippen molar-refractivity contribution >= 4 is 6.03 Å². The van der Waals surface area contributed by atoms with Gasteiger partial charge in [-0.3, -0.25) is 0 Å². The van der Waals surface area contributed by atoms with Crippen molar-refractivity contribution in [3.63, 3.8) is 0 Å². The van der Waals surface area contributed by atoms with E-state index in [0.29, 0.717) is 6.54 Å². The zero-order valence-electron chi connectivity index (χ0n) is 13.0. The van der Waals surface area contributed by atoms with Crippen LogP contribution in [0.15, 0.2) is 34.9 Å². The molecule has 1 aliphatic rings. The minimum Gasteiger partial charge on any atom is -0.359 e. The highest BCUT2D eigenvalue weighted by Gasteiger charge is 2.32. The lowest BCUT2D eigenvalue weighted by molar-refractivity contribution is 0.182. The third-order valence-corrected chi connectivity index (χ3v) is 4.18. The van der Waals surface area contributed by atoms with Crippen LogP contribution in [0.3, 0.4) is 0 Å². The molecule has 2 amide bonds. The summed E-state index contributed by atoms with van der Waals surface area (Å²) in [6, 6.07) is 9.96. The van der Waals surface area contributed by atoms with Gasteiger partial charge in [0, 0.05) is 19.2 Å². The molecule has 0 bridgehead atoms. The number of nitrogens with one attached hydrogen (secondary N) is 1. The smallest absolute Gasteiger partial charge is 0.318 e. The highest BCUT2D eigenvalue weighted by Crippen LogP contribution is 2.32. The van der Waals surface area contributed by atoms with Crippen LogP contribution in [0.4, 0.5) is 4.79 Å². The zero-order chi connectivity index (χ0) is 15.5. The molecule has 1 unspecified atom stereocenters. The number of amides is 2. The van der Waals surface area contributed by atoms with E-state index in [4.69, 9.17) is 4.52 Å². The minimum atomic E-state index is -0.0418. The predicted octanol–water partition coefficient (Wildman–Crippen LogP) is 3.34. The summed E-state index contributed by atoms with van der Waals surface area (Å²) in [6.07, 6.45) is 1.91. The summed E-state index contributed by atoms with van der Waals surface area (Å²) >= 11 is 0. The number of nitrogens with zero attached hydrogens (tertiary/aromatic N) is 2. The van der Waals surface area contributed by atoms with Crippen LogP contribution >= 0.6 is 0 Å². The van der Waals surface area contributed by atoms with Crippen molar-refractivity contribution in [3.8, 4) is 0 Å². The van der Waals surface area contributed by atoms with E-state index >= 15 is 0 Å². The second-order valence-electron chi connectivity index (χ2n) is 5.81. The first kappa shape index (κ1) is 14.6. The van der Waals surface area contributed by atoms with Gasteiger partial charge in [0.15, 0.2) is 5.76 Å². The van der Waals surface area contributed by atoms with Crippen molar-refractivity contribution < 1.29 is 9.32 Å². The molecule has 22 heavy (non-hydrogen) atoms. The molecule has 1 fully saturated rings. The third kappa shape index (κ3) is 2.98. The van der Waals surface area contributed by atoms with Gasteiger partial charge < -0.3 is 14.7 Å². The number of carbonyl (C=O) groups excluding carboxylic acids is 1. The summed E-state index contributed by atoms with van der Waals surface area (Å²) in [4.78, 5) is 14.3. The lowest BCUT2D eigenvalue weighted by Gasteiger charge is -2.23. The first-order chi connectivity index (χ1) is 10.6. The van der Waals surface area contributed by atoms with Gasteiger partial charge >= 0.3 is 6.03 Å². The molecule has 1 saturated heterocycles. The third-order valence-electron chi connectivity index (χ3n) is 4.18. The molecule has 0 spiro atoms. The molecule has 1 atom stereocenters. The number of urea groups is 1. The number of rotatable bonds is 3. The largest absolute Gasteiger partial charge is 0.359 e. The van der Waals surface area contributed by atoms with Gasteiger partial charge in [-0.05, 0) is 37.8 Å². The highest BCUT2D eigenvalue weighted by atomic mass is 16.5. The Labute approximate surface area is 130 Å². The molecule has 1 aromatic heterocycles. The average molecular weight is 299 g/mol. The number of benzene rings is 1. The quantitative estimate of drug-likeness (QED) is 0.945. The SMILES string of the molecule is Cc1cc(C2CCCN2C(=O)NCc2ccccc2C)on1. The zero-order valence-corrected chi connectivity index (χ0v) is 13.0. The Morgan fingerprint density at radius 3 is 2.95 bits per heavy atom. The normalized spacial score (nSPS) is 17.7. The molecular weight excluding hydrogens is 278 g/mol. The van der Waals surface area contributed by atoms with E-state index in [1.165, 1.54) is 5.56 Å². The molecule has 0 aliphatic carbocycles. The van der Waals surface area contributed by atoms with E-state index < -0.39 is 0 Å². The standard InChI is InChI=1S/C17H21N3O2/c1-12-6-3-4-7-14(12)11-18-17(21)20-9-5-8-15(20)16-10-13(2)19-22-16/h3-4,6-7,10,15H,5,8-9,11H2,1-2H3,(H,18,21). The van der Waals surface area contributed by atoms with Crippen LogP contribution in [0.5, 0.6) is 0 Å². The Bertz CT molecular complexity index is 665. The molecule has 5 heteroatoms. The molecular formula is C17H21N3O2. The fourth-order valence-corrected chi connectivity index (χ4v) is 2.93. The van der Waals surface area contributed by atoms with Gasteiger partial charge in [-0.2, -0.15) is 0 Å². The monoisotopic (exact) mass is 299 g/mol. The first-order valence-corrected chi connectivity index (χ1v) is 7.67. The second-order valence-corrected chi connectivity index (χ2v) is 5.81. The molecule has 2 heterocycles. The van der Waals surface area contributed by atoms with Gasteiger partial charge in [0.1, 0.15) is 0 Å². The van der Waals surface area contributed by atoms with E-state index in [1.807, 2.05) is 36.1 Å². The van der Waals surface area contributed by atoms with Crippen molar-refractivity contribution in [2.24, 2.45) is 0 Å². The Balaban J connectivity index is 1.65. The maximum Gasteiger partial charge on any atom is 0.318 e. The average Bonchev–Trinajstić information content (AvgIpc) is 3.14. The highest BCUT2D eigenvalue weighted by molar-refractivity contribution is 5.75. The van der Waals surface area contributed by atoms with Gasteiger partial charge in [0.2, 0.25) is 0 Å². The topological polar surface area (TPSA) is 58.4 Å². The number of likely N-dealkylation sites (tertiary alicyclic amines) is 1. The van der Waals surface area contributed by atoms with E-state index in [2.05, 4.69) is 23.5 Å². The summed E-state index contributed by atoms with van der Waals surface area (Å²) in [5, 5.41) is 6.94. The van der Waals surface area contributed by atoms with Crippen molar-refractivity contribution in [1.82, 2.24) is 15.4 Å². The summed E-state index contributed by atoms with van der Waals surface area (Å²) in [5.74, 6) is 0.779. The Kier molecular flexibility index (Phi) is 4.13. The number of hydrogen-bond donors (Lipinski definition) is 1. The maximum atomic E-state index is 12.5. The van der Waals surface area contributed by atoms with Crippen molar-refractivity contribution in [3.05, 3.63) is 52.9 Å². The van der Waals surface area contributed by atoms with Crippen LogP contribution in [0, 0.1) is 13.8 Å². The molecule has 1 N–H and O–H groups in total. The fraction of sp³-hybridized carbons (Fsp3) is 0.412. The van der Waals surface area contributed by atoms with Crippen LogP contribution in [0.25, 0.3) is 0 Å². The van der Waals surface area contributed by atoms with Crippen molar-refractivity contribution in [2.45, 2.75) is 39.3 Å². The van der Waals surface area contributed by atoms with Crippen molar-refractivity contribution in [2.75, 3.05) is 6.54 Å². The van der Waals surface area contributed by atoms with Gasteiger partial charge in [-0.15, -0.1) is 0 Å². The molecule has 5 nitrogen and oxygen atoms in total. The lowest BCUT2D eigenvalue weighted by Crippen LogP contribution is -2.39. The second kappa shape index (κ2) is 6.22. The number of hydrogen-bond acceptors (Lipinski definition) is 3. The molecule has 1 aliphatic heterocycles. The molecule has 3 rings (SSSR count). The van der Waals surface area contributed by atoms with Gasteiger partial charge in [-0.1, -0.05) is 29.4 Å². The molecule has 0 radical (unpaired) electrons. The molecule has 1 aromatic carbocycles. The summed E-state index contributed by atoms with van der Waals surface area (Å²) < 4.78 is 5.34. The first-order valence-electron chi connectivity index (χ1n) is 7.67. The van der Waals surface area contributed by atoms with Crippen LogP contribution < -0.4 is 5.32 Å². The van der Waals surface area contributed by atoms with Gasteiger partial charge in [-0.25, -0.2) is 4.79 Å². The number of aryl methyl sites for hydroxylation is 2. The van der Waals surface area contributed by atoms with E-state index in [9.17, 15) is 4.79 Å². The van der Waals surface area contributed by atoms with Crippen molar-refractivity contribution in [1.29, 1.82) is 0 Å². The molecule has 116 valence electrons. The van der Waals surface area contributed by atoms with Crippen LogP contribution in [-0.4, -0.2) is 22.6 Å². The Hall–Kier alpha value is -2.30. The predicted molar refractivity (Wildman–Crippen MR) is 83.3 cm³/mol. The molecule has 0 saturated carbocycles. The van der Waals surface area contributed by atoms with Crippen LogP contribution in [-0.2, 0) is 6.54 Å². The van der Waals surface area contributed by atoms with Crippen LogP contribution in [0.2, 0.25) is 0 Å². The fourth-order valence-electron chi connectivity index (χ4n) is 2.93.